The molecule has 1 fully saturated rings. The molecule has 0 bridgehead atoms. The average molecular weight is 207 g/mol. The molecular formula is C12H17NO2. The van der Waals surface area contributed by atoms with Gasteiger partial charge in [0.25, 0.3) is 0 Å². The number of hydrogen-bond donors (Lipinski definition) is 1. The van der Waals surface area contributed by atoms with Crippen molar-refractivity contribution in [2.24, 2.45) is 0 Å². The predicted molar refractivity (Wildman–Crippen MR) is 59.5 cm³/mol. The summed E-state index contributed by atoms with van der Waals surface area (Å²) in [5.41, 5.74) is 1.27. The van der Waals surface area contributed by atoms with Gasteiger partial charge in [-0.05, 0) is 31.0 Å². The third-order valence-corrected chi connectivity index (χ3v) is 2.88. The second-order valence-corrected chi connectivity index (χ2v) is 3.97. The Kier molecular flexibility index (Phi) is 2.82. The van der Waals surface area contributed by atoms with E-state index in [-0.39, 0.29) is 0 Å². The summed E-state index contributed by atoms with van der Waals surface area (Å²) in [4.78, 5) is 0. The van der Waals surface area contributed by atoms with Crippen LogP contribution in [-0.2, 0) is 0 Å². The van der Waals surface area contributed by atoms with Crippen LogP contribution in [-0.4, -0.2) is 20.3 Å². The van der Waals surface area contributed by atoms with Gasteiger partial charge in [0.05, 0.1) is 14.2 Å². The molecule has 0 aliphatic carbocycles. The number of ether oxygens (including phenoxy) is 2. The molecule has 2 atom stereocenters. The lowest BCUT2D eigenvalue weighted by atomic mass is 9.92. The molecule has 1 heterocycles. The van der Waals surface area contributed by atoms with E-state index in [4.69, 9.17) is 9.47 Å². The maximum Gasteiger partial charge on any atom is 0.161 e. The first kappa shape index (κ1) is 10.3. The van der Waals surface area contributed by atoms with E-state index in [1.54, 1.807) is 14.2 Å². The van der Waals surface area contributed by atoms with Crippen LogP contribution in [0.4, 0.5) is 0 Å². The van der Waals surface area contributed by atoms with Crippen molar-refractivity contribution in [2.45, 2.75) is 25.4 Å². The maximum absolute atomic E-state index is 5.27. The summed E-state index contributed by atoms with van der Waals surface area (Å²) >= 11 is 0. The van der Waals surface area contributed by atoms with Crippen LogP contribution in [0.1, 0.15) is 24.9 Å². The SMILES string of the molecule is COc1ccc(C2CC(C)N2)cc1OC. The van der Waals surface area contributed by atoms with E-state index in [1.807, 2.05) is 12.1 Å². The quantitative estimate of drug-likeness (QED) is 0.823. The minimum Gasteiger partial charge on any atom is -0.493 e. The second kappa shape index (κ2) is 4.11. The van der Waals surface area contributed by atoms with E-state index in [0.29, 0.717) is 12.1 Å². The Hall–Kier alpha value is -1.22. The standard InChI is InChI=1S/C12H17NO2/c1-8-6-10(13-8)9-4-5-11(14-2)12(7-9)15-3/h4-5,7-8,10,13H,6H2,1-3H3. The van der Waals surface area contributed by atoms with Crippen molar-refractivity contribution >= 4 is 0 Å². The molecule has 82 valence electrons. The second-order valence-electron chi connectivity index (χ2n) is 3.97. The number of benzene rings is 1. The van der Waals surface area contributed by atoms with Gasteiger partial charge in [0.15, 0.2) is 11.5 Å². The summed E-state index contributed by atoms with van der Waals surface area (Å²) in [7, 11) is 3.32. The van der Waals surface area contributed by atoms with Gasteiger partial charge in [-0.15, -0.1) is 0 Å². The topological polar surface area (TPSA) is 30.5 Å². The zero-order chi connectivity index (χ0) is 10.8. The van der Waals surface area contributed by atoms with Gasteiger partial charge in [0.1, 0.15) is 0 Å². The van der Waals surface area contributed by atoms with Crippen LogP contribution < -0.4 is 14.8 Å². The molecule has 1 aromatic rings. The molecule has 3 nitrogen and oxygen atoms in total. The number of nitrogens with one attached hydrogen (secondary N) is 1. The Morgan fingerprint density at radius 2 is 1.87 bits per heavy atom. The predicted octanol–water partition coefficient (Wildman–Crippen LogP) is 2.13. The smallest absolute Gasteiger partial charge is 0.161 e. The molecule has 0 saturated carbocycles. The van der Waals surface area contributed by atoms with Gasteiger partial charge in [-0.2, -0.15) is 0 Å². The first-order valence-corrected chi connectivity index (χ1v) is 5.22. The fraction of sp³-hybridized carbons (Fsp3) is 0.500. The van der Waals surface area contributed by atoms with Crippen LogP contribution in [0.5, 0.6) is 11.5 Å². The average Bonchev–Trinajstić information content (AvgIpc) is 2.24. The molecule has 0 amide bonds. The largest absolute Gasteiger partial charge is 0.493 e. The minimum atomic E-state index is 0.472. The highest BCUT2D eigenvalue weighted by molar-refractivity contribution is 5.44. The summed E-state index contributed by atoms with van der Waals surface area (Å²) in [6.07, 6.45) is 1.19. The first-order valence-electron chi connectivity index (χ1n) is 5.22. The molecule has 2 rings (SSSR count). The van der Waals surface area contributed by atoms with Crippen LogP contribution in [0.3, 0.4) is 0 Å². The molecule has 0 radical (unpaired) electrons. The van der Waals surface area contributed by atoms with Crippen LogP contribution in [0.15, 0.2) is 18.2 Å². The summed E-state index contributed by atoms with van der Waals surface area (Å²) in [5, 5.41) is 3.45. The Labute approximate surface area is 90.4 Å². The summed E-state index contributed by atoms with van der Waals surface area (Å²) in [6, 6.07) is 7.19. The monoisotopic (exact) mass is 207 g/mol. The fourth-order valence-electron chi connectivity index (χ4n) is 1.97. The maximum atomic E-state index is 5.27. The molecule has 1 aliphatic rings. The van der Waals surface area contributed by atoms with Crippen molar-refractivity contribution in [3.63, 3.8) is 0 Å². The molecule has 1 aromatic carbocycles. The van der Waals surface area contributed by atoms with Crippen molar-refractivity contribution in [3.8, 4) is 11.5 Å². The van der Waals surface area contributed by atoms with Crippen molar-refractivity contribution in [1.29, 1.82) is 0 Å². The van der Waals surface area contributed by atoms with E-state index in [2.05, 4.69) is 18.3 Å². The molecule has 1 saturated heterocycles. The van der Waals surface area contributed by atoms with Crippen LogP contribution >= 0.6 is 0 Å². The van der Waals surface area contributed by atoms with Crippen molar-refractivity contribution in [1.82, 2.24) is 5.32 Å². The normalized spacial score (nSPS) is 24.5. The first-order chi connectivity index (χ1) is 7.24. The van der Waals surface area contributed by atoms with Crippen molar-refractivity contribution < 1.29 is 9.47 Å². The van der Waals surface area contributed by atoms with E-state index in [9.17, 15) is 0 Å². The molecule has 15 heavy (non-hydrogen) atoms. The molecule has 1 aliphatic heterocycles. The van der Waals surface area contributed by atoms with E-state index in [0.717, 1.165) is 11.5 Å². The van der Waals surface area contributed by atoms with E-state index < -0.39 is 0 Å². The van der Waals surface area contributed by atoms with E-state index >= 15 is 0 Å². The molecule has 2 unspecified atom stereocenters. The lowest BCUT2D eigenvalue weighted by Crippen LogP contribution is -2.43. The Morgan fingerprint density at radius 3 is 2.40 bits per heavy atom. The van der Waals surface area contributed by atoms with Crippen molar-refractivity contribution in [3.05, 3.63) is 23.8 Å². The fourth-order valence-corrected chi connectivity index (χ4v) is 1.97. The molecule has 1 N–H and O–H groups in total. The van der Waals surface area contributed by atoms with Gasteiger partial charge in [0, 0.05) is 12.1 Å². The van der Waals surface area contributed by atoms with Gasteiger partial charge in [-0.1, -0.05) is 6.07 Å². The highest BCUT2D eigenvalue weighted by Crippen LogP contribution is 2.34. The Balaban J connectivity index is 2.19. The zero-order valence-electron chi connectivity index (χ0n) is 9.41. The van der Waals surface area contributed by atoms with Crippen LogP contribution in [0.2, 0.25) is 0 Å². The number of rotatable bonds is 3. The summed E-state index contributed by atoms with van der Waals surface area (Å²) in [6.45, 7) is 2.19. The minimum absolute atomic E-state index is 0.472. The molecule has 0 spiro atoms. The number of hydrogen-bond acceptors (Lipinski definition) is 3. The van der Waals surface area contributed by atoms with Gasteiger partial charge >= 0.3 is 0 Å². The zero-order valence-corrected chi connectivity index (χ0v) is 9.41. The highest BCUT2D eigenvalue weighted by atomic mass is 16.5. The van der Waals surface area contributed by atoms with Crippen LogP contribution in [0.25, 0.3) is 0 Å². The highest BCUT2D eigenvalue weighted by Gasteiger charge is 2.26. The van der Waals surface area contributed by atoms with Gasteiger partial charge < -0.3 is 14.8 Å². The summed E-state index contributed by atoms with van der Waals surface area (Å²) < 4.78 is 10.5. The lowest BCUT2D eigenvalue weighted by Gasteiger charge is -2.35. The summed E-state index contributed by atoms with van der Waals surface area (Å²) in [5.74, 6) is 1.59. The molecule has 0 aromatic heterocycles. The Bertz CT molecular complexity index is 345. The molecular weight excluding hydrogens is 190 g/mol. The van der Waals surface area contributed by atoms with Gasteiger partial charge in [0.2, 0.25) is 0 Å². The Morgan fingerprint density at radius 1 is 1.20 bits per heavy atom. The van der Waals surface area contributed by atoms with Crippen LogP contribution in [0, 0.1) is 0 Å². The van der Waals surface area contributed by atoms with Gasteiger partial charge in [-0.3, -0.25) is 0 Å². The third kappa shape index (κ3) is 1.92. The lowest BCUT2D eigenvalue weighted by molar-refractivity contribution is 0.286. The third-order valence-electron chi connectivity index (χ3n) is 2.88. The van der Waals surface area contributed by atoms with Crippen molar-refractivity contribution in [2.75, 3.05) is 14.2 Å². The van der Waals surface area contributed by atoms with E-state index in [1.165, 1.54) is 12.0 Å². The number of methoxy groups -OCH3 is 2. The molecule has 3 heteroatoms. The van der Waals surface area contributed by atoms with Gasteiger partial charge in [-0.25, -0.2) is 0 Å².